The molecule has 0 bridgehead atoms. The summed E-state index contributed by atoms with van der Waals surface area (Å²) in [5.74, 6) is -0.287. The Balaban J connectivity index is 1.92. The van der Waals surface area contributed by atoms with Gasteiger partial charge in [-0.05, 0) is 36.4 Å². The first kappa shape index (κ1) is 18.5. The molecule has 2 rings (SSSR count). The molecule has 3 N–H and O–H groups in total. The number of hydrogen-bond donors (Lipinski definition) is 3. The maximum absolute atomic E-state index is 11.8. The van der Waals surface area contributed by atoms with E-state index < -0.39 is 11.9 Å². The molecule has 132 valence electrons. The predicted octanol–water partition coefficient (Wildman–Crippen LogP) is 2.89. The minimum atomic E-state index is -1.02. The third-order valence-electron chi connectivity index (χ3n) is 3.21. The first-order valence-corrected chi connectivity index (χ1v) is 7.78. The van der Waals surface area contributed by atoms with E-state index in [9.17, 15) is 9.59 Å². The third-order valence-corrected chi connectivity index (χ3v) is 3.21. The van der Waals surface area contributed by atoms with Gasteiger partial charge in [0.25, 0.3) is 5.91 Å². The molecule has 0 aliphatic heterocycles. The van der Waals surface area contributed by atoms with Gasteiger partial charge in [-0.1, -0.05) is 18.2 Å². The Bertz CT molecular complexity index is 824. The van der Waals surface area contributed by atoms with Gasteiger partial charge in [-0.3, -0.25) is 9.59 Å². The minimum absolute atomic E-state index is 0.0429. The van der Waals surface area contributed by atoms with Crippen molar-refractivity contribution in [1.82, 2.24) is 5.32 Å². The molecule has 0 fully saturated rings. The van der Waals surface area contributed by atoms with Crippen molar-refractivity contribution in [2.24, 2.45) is 0 Å². The second-order valence-electron chi connectivity index (χ2n) is 5.15. The van der Waals surface area contributed by atoms with Gasteiger partial charge < -0.3 is 20.5 Å². The van der Waals surface area contributed by atoms with E-state index in [1.165, 1.54) is 6.20 Å². The first-order valence-electron chi connectivity index (χ1n) is 7.78. The molecule has 7 nitrogen and oxygen atoms in total. The van der Waals surface area contributed by atoms with Crippen LogP contribution < -0.4 is 15.4 Å². The van der Waals surface area contributed by atoms with Crippen LogP contribution >= 0.6 is 0 Å². The molecule has 26 heavy (non-hydrogen) atoms. The number of rotatable bonds is 8. The maximum Gasteiger partial charge on any atom is 0.305 e. The minimum Gasteiger partial charge on any atom is -0.481 e. The van der Waals surface area contributed by atoms with Gasteiger partial charge in [0.1, 0.15) is 23.1 Å². The standard InChI is InChI=1S/C19H17N3O4/c20-12-14(19(25)21-11-10-18(23)24)13-22-15-6-8-17(9-7-15)26-16-4-2-1-3-5-16/h1-9,13,22H,10-11H2,(H,21,25)(H,23,24)/b14-13-. The molecule has 0 heterocycles. The number of carboxylic acids is 1. The zero-order valence-corrected chi connectivity index (χ0v) is 13.8. The average molecular weight is 351 g/mol. The number of hydrogen-bond acceptors (Lipinski definition) is 5. The van der Waals surface area contributed by atoms with Gasteiger partial charge in [-0.15, -0.1) is 0 Å². The van der Waals surface area contributed by atoms with Gasteiger partial charge in [0.05, 0.1) is 6.42 Å². The fourth-order valence-electron chi connectivity index (χ4n) is 1.93. The zero-order valence-electron chi connectivity index (χ0n) is 13.8. The van der Waals surface area contributed by atoms with Crippen LogP contribution in [0.4, 0.5) is 5.69 Å². The van der Waals surface area contributed by atoms with Crippen molar-refractivity contribution in [3.63, 3.8) is 0 Å². The number of ether oxygens (including phenoxy) is 1. The summed E-state index contributed by atoms with van der Waals surface area (Å²) in [5, 5.41) is 22.8. The Morgan fingerprint density at radius 2 is 1.73 bits per heavy atom. The summed E-state index contributed by atoms with van der Waals surface area (Å²) in [4.78, 5) is 22.2. The van der Waals surface area contributed by atoms with Crippen molar-refractivity contribution < 1.29 is 19.4 Å². The van der Waals surface area contributed by atoms with Gasteiger partial charge in [-0.2, -0.15) is 5.26 Å². The van der Waals surface area contributed by atoms with Crippen molar-refractivity contribution >= 4 is 17.6 Å². The number of anilines is 1. The lowest BCUT2D eigenvalue weighted by atomic mass is 10.2. The van der Waals surface area contributed by atoms with Crippen LogP contribution in [0.1, 0.15) is 6.42 Å². The quantitative estimate of drug-likeness (QED) is 0.498. The van der Waals surface area contributed by atoms with Crippen LogP contribution in [0.5, 0.6) is 11.5 Å². The van der Waals surface area contributed by atoms with Crippen LogP contribution in [0.3, 0.4) is 0 Å². The number of para-hydroxylation sites is 1. The van der Waals surface area contributed by atoms with Crippen LogP contribution in [-0.4, -0.2) is 23.5 Å². The molecule has 0 atom stereocenters. The van der Waals surface area contributed by atoms with Crippen LogP contribution in [0.2, 0.25) is 0 Å². The predicted molar refractivity (Wildman–Crippen MR) is 95.5 cm³/mol. The van der Waals surface area contributed by atoms with Gasteiger partial charge in [0.15, 0.2) is 0 Å². The number of amides is 1. The van der Waals surface area contributed by atoms with E-state index in [1.54, 1.807) is 30.3 Å². The molecule has 7 heteroatoms. The van der Waals surface area contributed by atoms with Crippen LogP contribution in [0.15, 0.2) is 66.4 Å². The van der Waals surface area contributed by atoms with Crippen molar-refractivity contribution in [2.75, 3.05) is 11.9 Å². The van der Waals surface area contributed by atoms with Gasteiger partial charge in [0, 0.05) is 18.4 Å². The summed E-state index contributed by atoms with van der Waals surface area (Å²) in [6.07, 6.45) is 1.06. The molecule has 0 aromatic heterocycles. The second kappa shape index (κ2) is 9.49. The summed E-state index contributed by atoms with van der Waals surface area (Å²) in [7, 11) is 0. The number of benzene rings is 2. The number of nitrogens with one attached hydrogen (secondary N) is 2. The molecule has 0 saturated heterocycles. The lowest BCUT2D eigenvalue weighted by Gasteiger charge is -2.07. The van der Waals surface area contributed by atoms with Crippen LogP contribution in [-0.2, 0) is 9.59 Å². The maximum atomic E-state index is 11.8. The van der Waals surface area contributed by atoms with Crippen molar-refractivity contribution in [2.45, 2.75) is 6.42 Å². The largest absolute Gasteiger partial charge is 0.481 e. The number of carbonyl (C=O) groups excluding carboxylic acids is 1. The summed E-state index contributed by atoms with van der Waals surface area (Å²) >= 11 is 0. The monoisotopic (exact) mass is 351 g/mol. The second-order valence-corrected chi connectivity index (χ2v) is 5.15. The highest BCUT2D eigenvalue weighted by Gasteiger charge is 2.09. The van der Waals surface area contributed by atoms with E-state index >= 15 is 0 Å². The molecule has 0 spiro atoms. The van der Waals surface area contributed by atoms with Crippen molar-refractivity contribution in [3.05, 3.63) is 66.4 Å². The lowest BCUT2D eigenvalue weighted by molar-refractivity contribution is -0.136. The molecule has 2 aromatic rings. The molecular formula is C19H17N3O4. The van der Waals surface area contributed by atoms with Gasteiger partial charge in [0.2, 0.25) is 0 Å². The fraction of sp³-hybridized carbons (Fsp3) is 0.105. The summed E-state index contributed by atoms with van der Waals surface area (Å²) < 4.78 is 5.67. The van der Waals surface area contributed by atoms with E-state index in [-0.39, 0.29) is 18.5 Å². The van der Waals surface area contributed by atoms with Crippen LogP contribution in [0.25, 0.3) is 0 Å². The zero-order chi connectivity index (χ0) is 18.8. The first-order chi connectivity index (χ1) is 12.6. The molecule has 0 saturated carbocycles. The van der Waals surface area contributed by atoms with E-state index in [4.69, 9.17) is 15.1 Å². The lowest BCUT2D eigenvalue weighted by Crippen LogP contribution is -2.27. The topological polar surface area (TPSA) is 111 Å². The molecule has 2 aromatic carbocycles. The van der Waals surface area contributed by atoms with Gasteiger partial charge >= 0.3 is 5.97 Å². The Morgan fingerprint density at radius 1 is 1.08 bits per heavy atom. The number of carboxylic acid groups (broad SMARTS) is 1. The Kier molecular flexibility index (Phi) is 6.77. The summed E-state index contributed by atoms with van der Waals surface area (Å²) in [5.41, 5.74) is 0.511. The fourth-order valence-corrected chi connectivity index (χ4v) is 1.93. The average Bonchev–Trinajstić information content (AvgIpc) is 2.64. The number of carbonyl (C=O) groups is 2. The number of aliphatic carboxylic acids is 1. The van der Waals surface area contributed by atoms with Gasteiger partial charge in [-0.25, -0.2) is 0 Å². The van der Waals surface area contributed by atoms with Crippen molar-refractivity contribution in [3.8, 4) is 17.6 Å². The SMILES string of the molecule is N#C/C(=C/Nc1ccc(Oc2ccccc2)cc1)C(=O)NCCC(=O)O. The molecule has 0 aliphatic carbocycles. The molecule has 0 aliphatic rings. The highest BCUT2D eigenvalue weighted by Crippen LogP contribution is 2.22. The van der Waals surface area contributed by atoms with E-state index in [2.05, 4.69) is 10.6 Å². The Labute approximate surface area is 150 Å². The Morgan fingerprint density at radius 3 is 2.35 bits per heavy atom. The molecule has 0 unspecified atom stereocenters. The van der Waals surface area contributed by atoms with E-state index in [0.29, 0.717) is 11.4 Å². The summed E-state index contributed by atoms with van der Waals surface area (Å²) in [6.45, 7) is -0.0429. The normalized spacial score (nSPS) is 10.5. The molecule has 0 radical (unpaired) electrons. The van der Waals surface area contributed by atoms with Crippen molar-refractivity contribution in [1.29, 1.82) is 5.26 Å². The van der Waals surface area contributed by atoms with Crippen LogP contribution in [0, 0.1) is 11.3 Å². The highest BCUT2D eigenvalue weighted by molar-refractivity contribution is 5.97. The number of nitrogens with zero attached hydrogens (tertiary/aromatic N) is 1. The summed E-state index contributed by atoms with van der Waals surface area (Å²) in [6, 6.07) is 18.1. The molecular weight excluding hydrogens is 334 g/mol. The third kappa shape index (κ3) is 6.02. The smallest absolute Gasteiger partial charge is 0.305 e. The number of nitriles is 1. The molecule has 1 amide bonds. The highest BCUT2D eigenvalue weighted by atomic mass is 16.5. The van der Waals surface area contributed by atoms with E-state index in [1.807, 2.05) is 30.3 Å². The Hall–Kier alpha value is -3.79. The van der Waals surface area contributed by atoms with E-state index in [0.717, 1.165) is 5.75 Å².